The largest absolute Gasteiger partial charge is 0.354 e. The molecule has 0 atom stereocenters. The number of aromatic amines is 1. The Balaban J connectivity index is 1.62. The van der Waals surface area contributed by atoms with Gasteiger partial charge in [0.1, 0.15) is 5.82 Å². The molecule has 0 saturated heterocycles. The summed E-state index contributed by atoms with van der Waals surface area (Å²) < 4.78 is 1.58. The van der Waals surface area contributed by atoms with Crippen molar-refractivity contribution in [1.82, 2.24) is 24.7 Å². The van der Waals surface area contributed by atoms with Gasteiger partial charge in [0.2, 0.25) is 0 Å². The molecule has 0 aliphatic carbocycles. The second kappa shape index (κ2) is 5.62. The average Bonchev–Trinajstić information content (AvgIpc) is 3.21. The fourth-order valence-corrected chi connectivity index (χ4v) is 2.50. The summed E-state index contributed by atoms with van der Waals surface area (Å²) in [5.41, 5.74) is 3.33. The Morgan fingerprint density at radius 2 is 2.17 bits per heavy atom. The summed E-state index contributed by atoms with van der Waals surface area (Å²) in [5, 5.41) is 7.73. The number of H-pyrrole nitrogens is 1. The Hall–Kier alpha value is -3.48. The average molecular weight is 318 g/mol. The highest BCUT2D eigenvalue weighted by molar-refractivity contribution is 6.04. The molecule has 0 unspecified atom stereocenters. The van der Waals surface area contributed by atoms with Crippen LogP contribution in [-0.4, -0.2) is 30.6 Å². The van der Waals surface area contributed by atoms with Gasteiger partial charge in [-0.2, -0.15) is 5.10 Å². The van der Waals surface area contributed by atoms with Crippen LogP contribution in [-0.2, 0) is 7.05 Å². The van der Waals surface area contributed by atoms with E-state index in [2.05, 4.69) is 25.4 Å². The summed E-state index contributed by atoms with van der Waals surface area (Å²) in [6.45, 7) is 0. The van der Waals surface area contributed by atoms with Crippen molar-refractivity contribution in [2.24, 2.45) is 7.05 Å². The number of amides is 1. The maximum absolute atomic E-state index is 12.2. The second-order valence-electron chi connectivity index (χ2n) is 5.44. The van der Waals surface area contributed by atoms with Crippen LogP contribution in [0.2, 0.25) is 0 Å². The van der Waals surface area contributed by atoms with Gasteiger partial charge in [-0.25, -0.2) is 4.98 Å². The van der Waals surface area contributed by atoms with Gasteiger partial charge >= 0.3 is 0 Å². The molecule has 0 radical (unpaired) electrons. The minimum Gasteiger partial charge on any atom is -0.354 e. The van der Waals surface area contributed by atoms with Crippen molar-refractivity contribution in [3.63, 3.8) is 0 Å². The number of pyridine rings is 2. The molecule has 2 N–H and O–H groups in total. The predicted octanol–water partition coefficient (Wildman–Crippen LogP) is 2.61. The van der Waals surface area contributed by atoms with Crippen molar-refractivity contribution in [1.29, 1.82) is 0 Å². The smallest absolute Gasteiger partial charge is 0.260 e. The fraction of sp³-hybridized carbons (Fsp3) is 0.0588. The first-order valence-corrected chi connectivity index (χ1v) is 7.38. The second-order valence-corrected chi connectivity index (χ2v) is 5.44. The minimum absolute atomic E-state index is 0.242. The van der Waals surface area contributed by atoms with Gasteiger partial charge in [0.05, 0.1) is 17.3 Å². The molecule has 0 aliphatic rings. The van der Waals surface area contributed by atoms with Gasteiger partial charge in [-0.05, 0) is 18.2 Å². The first-order valence-electron chi connectivity index (χ1n) is 7.38. The number of anilines is 1. The molecule has 0 bridgehead atoms. The monoisotopic (exact) mass is 318 g/mol. The zero-order valence-corrected chi connectivity index (χ0v) is 12.9. The van der Waals surface area contributed by atoms with Crippen LogP contribution in [0.25, 0.3) is 22.2 Å². The molecular formula is C17H14N6O. The lowest BCUT2D eigenvalue weighted by atomic mass is 10.2. The van der Waals surface area contributed by atoms with E-state index in [1.54, 1.807) is 36.5 Å². The highest BCUT2D eigenvalue weighted by Gasteiger charge is 2.10. The van der Waals surface area contributed by atoms with E-state index < -0.39 is 0 Å². The van der Waals surface area contributed by atoms with Gasteiger partial charge < -0.3 is 10.3 Å². The van der Waals surface area contributed by atoms with Crippen LogP contribution in [0.5, 0.6) is 0 Å². The standard InChI is InChI=1S/C17H14N6O/c1-23-10-13(9-20-23)17(24)22-16-6-15-12(8-19-16)5-14(21-15)11-3-2-4-18-7-11/h2-10,21H,1H3,(H,19,22,24). The number of nitrogens with zero attached hydrogens (tertiary/aromatic N) is 4. The molecule has 0 fully saturated rings. The van der Waals surface area contributed by atoms with Gasteiger partial charge in [-0.3, -0.25) is 14.5 Å². The molecule has 1 amide bonds. The molecule has 4 aromatic rings. The van der Waals surface area contributed by atoms with Gasteiger partial charge in [0.15, 0.2) is 0 Å². The summed E-state index contributed by atoms with van der Waals surface area (Å²) in [4.78, 5) is 23.9. The molecule has 0 spiro atoms. The third-order valence-corrected chi connectivity index (χ3v) is 3.69. The molecule has 4 heterocycles. The normalized spacial score (nSPS) is 10.9. The van der Waals surface area contributed by atoms with E-state index >= 15 is 0 Å². The van der Waals surface area contributed by atoms with E-state index in [4.69, 9.17) is 0 Å². The van der Waals surface area contributed by atoms with Crippen molar-refractivity contribution in [3.05, 3.63) is 60.8 Å². The molecule has 0 aliphatic heterocycles. The van der Waals surface area contributed by atoms with E-state index in [9.17, 15) is 4.79 Å². The van der Waals surface area contributed by atoms with Crippen molar-refractivity contribution in [3.8, 4) is 11.3 Å². The Bertz CT molecular complexity index is 1020. The van der Waals surface area contributed by atoms with Crippen LogP contribution >= 0.6 is 0 Å². The summed E-state index contributed by atoms with van der Waals surface area (Å²) in [5.74, 6) is 0.241. The van der Waals surface area contributed by atoms with Crippen LogP contribution in [0.15, 0.2) is 55.2 Å². The summed E-state index contributed by atoms with van der Waals surface area (Å²) in [6, 6.07) is 7.68. The van der Waals surface area contributed by atoms with Gasteiger partial charge in [0.25, 0.3) is 5.91 Å². The van der Waals surface area contributed by atoms with Crippen LogP contribution < -0.4 is 5.32 Å². The predicted molar refractivity (Wildman–Crippen MR) is 90.5 cm³/mol. The lowest BCUT2D eigenvalue weighted by Gasteiger charge is -2.02. The lowest BCUT2D eigenvalue weighted by molar-refractivity contribution is 0.102. The van der Waals surface area contributed by atoms with Gasteiger partial charge in [-0.1, -0.05) is 0 Å². The van der Waals surface area contributed by atoms with Gasteiger partial charge in [0, 0.05) is 54.5 Å². The molecule has 7 heteroatoms. The summed E-state index contributed by atoms with van der Waals surface area (Å²) >= 11 is 0. The fourth-order valence-electron chi connectivity index (χ4n) is 2.50. The number of nitrogens with one attached hydrogen (secondary N) is 2. The Labute approximate surface area is 137 Å². The van der Waals surface area contributed by atoms with E-state index in [1.165, 1.54) is 6.20 Å². The summed E-state index contributed by atoms with van der Waals surface area (Å²) in [6.07, 6.45) is 8.43. The SMILES string of the molecule is Cn1cc(C(=O)Nc2cc3[nH]c(-c4cccnc4)cc3cn2)cn1. The van der Waals surface area contributed by atoms with Crippen molar-refractivity contribution >= 4 is 22.6 Å². The van der Waals surface area contributed by atoms with E-state index in [1.807, 2.05) is 24.3 Å². The number of aromatic nitrogens is 5. The van der Waals surface area contributed by atoms with Crippen molar-refractivity contribution < 1.29 is 4.79 Å². The maximum atomic E-state index is 12.2. The van der Waals surface area contributed by atoms with Crippen LogP contribution in [0.3, 0.4) is 0 Å². The Morgan fingerprint density at radius 3 is 2.92 bits per heavy atom. The molecule has 7 nitrogen and oxygen atoms in total. The Morgan fingerprint density at radius 1 is 1.25 bits per heavy atom. The number of hydrogen-bond donors (Lipinski definition) is 2. The van der Waals surface area contributed by atoms with Crippen molar-refractivity contribution in [2.45, 2.75) is 0 Å². The molecule has 4 aromatic heterocycles. The number of rotatable bonds is 3. The molecule has 4 rings (SSSR count). The highest BCUT2D eigenvalue weighted by Crippen LogP contribution is 2.24. The molecule has 118 valence electrons. The molecular weight excluding hydrogens is 304 g/mol. The number of hydrogen-bond acceptors (Lipinski definition) is 4. The number of carbonyl (C=O) groups is 1. The first-order chi connectivity index (χ1) is 11.7. The third-order valence-electron chi connectivity index (χ3n) is 3.69. The summed E-state index contributed by atoms with van der Waals surface area (Å²) in [7, 11) is 1.76. The Kier molecular flexibility index (Phi) is 3.31. The van der Waals surface area contributed by atoms with Crippen LogP contribution in [0, 0.1) is 0 Å². The van der Waals surface area contributed by atoms with E-state index in [-0.39, 0.29) is 5.91 Å². The molecule has 24 heavy (non-hydrogen) atoms. The molecule has 0 saturated carbocycles. The lowest BCUT2D eigenvalue weighted by Crippen LogP contribution is -2.12. The van der Waals surface area contributed by atoms with E-state index in [0.717, 1.165) is 22.2 Å². The number of aryl methyl sites for hydroxylation is 1. The molecule has 0 aromatic carbocycles. The zero-order chi connectivity index (χ0) is 16.5. The zero-order valence-electron chi connectivity index (χ0n) is 12.9. The van der Waals surface area contributed by atoms with Crippen molar-refractivity contribution in [2.75, 3.05) is 5.32 Å². The third kappa shape index (κ3) is 2.63. The maximum Gasteiger partial charge on any atom is 0.260 e. The van der Waals surface area contributed by atoms with Crippen LogP contribution in [0.4, 0.5) is 5.82 Å². The number of fused-ring (bicyclic) bond motifs is 1. The minimum atomic E-state index is -0.242. The number of carbonyl (C=O) groups excluding carboxylic acids is 1. The van der Waals surface area contributed by atoms with Gasteiger partial charge in [-0.15, -0.1) is 0 Å². The topological polar surface area (TPSA) is 88.5 Å². The quantitative estimate of drug-likeness (QED) is 0.608. The highest BCUT2D eigenvalue weighted by atomic mass is 16.1. The first kappa shape index (κ1) is 14.1. The van der Waals surface area contributed by atoms with E-state index in [0.29, 0.717) is 11.4 Å². The van der Waals surface area contributed by atoms with Crippen LogP contribution in [0.1, 0.15) is 10.4 Å².